The minimum absolute atomic E-state index is 0.0242. The maximum atomic E-state index is 12.9. The Kier molecular flexibility index (Phi) is 5.39. The number of halogens is 2. The minimum atomic E-state index is -4.27. The Bertz CT molecular complexity index is 1290. The molecule has 3 aromatic rings. The van der Waals surface area contributed by atoms with Gasteiger partial charge in [0.1, 0.15) is 21.6 Å². The predicted octanol–water partition coefficient (Wildman–Crippen LogP) is 4.41. The lowest BCUT2D eigenvalue weighted by Gasteiger charge is -2.12. The summed E-state index contributed by atoms with van der Waals surface area (Å²) in [6, 6.07) is 5.51. The van der Waals surface area contributed by atoms with E-state index in [2.05, 4.69) is 25.6 Å². The Morgan fingerprint density at radius 2 is 2.10 bits per heavy atom. The van der Waals surface area contributed by atoms with E-state index in [4.69, 9.17) is 21.1 Å². The molecule has 1 aromatic carbocycles. The number of hydrogen-bond acceptors (Lipinski definition) is 8. The molecule has 4 bridgehead atoms. The quantitative estimate of drug-likeness (QED) is 0.447. The number of rotatable bonds is 1. The maximum absolute atomic E-state index is 12.9. The molecule has 0 unspecified atom stereocenters. The summed E-state index contributed by atoms with van der Waals surface area (Å²) in [5.74, 6) is -0.980. The fraction of sp³-hybridized carbons (Fsp3) is 0.111. The van der Waals surface area contributed by atoms with Crippen LogP contribution in [0, 0.1) is 0 Å². The van der Waals surface area contributed by atoms with Crippen LogP contribution in [0.25, 0.3) is 10.4 Å². The van der Waals surface area contributed by atoms with Gasteiger partial charge in [-0.2, -0.15) is 0 Å². The zero-order valence-electron chi connectivity index (χ0n) is 15.1. The third-order valence-corrected chi connectivity index (χ3v) is 7.65. The van der Waals surface area contributed by atoms with Gasteiger partial charge in [-0.05, 0) is 34.1 Å². The van der Waals surface area contributed by atoms with Gasteiger partial charge in [-0.3, -0.25) is 4.72 Å². The molecular weight excluding hydrogens is 520 g/mol. The highest BCUT2D eigenvalue weighted by Crippen LogP contribution is 2.42. The monoisotopic (exact) mass is 530 g/mol. The Morgan fingerprint density at radius 3 is 2.83 bits per heavy atom. The average Bonchev–Trinajstić information content (AvgIpc) is 3.06. The van der Waals surface area contributed by atoms with Crippen LogP contribution in [0.2, 0.25) is 4.34 Å². The average molecular weight is 532 g/mol. The van der Waals surface area contributed by atoms with Crippen LogP contribution in [0.4, 0.5) is 5.69 Å². The highest BCUT2D eigenvalue weighted by Gasteiger charge is 2.27. The van der Waals surface area contributed by atoms with Gasteiger partial charge < -0.3 is 14.6 Å². The zero-order chi connectivity index (χ0) is 21.6. The van der Waals surface area contributed by atoms with Gasteiger partial charge in [0, 0.05) is 28.3 Å². The molecule has 156 valence electrons. The Balaban J connectivity index is 1.95. The number of esters is 1. The van der Waals surface area contributed by atoms with Crippen LogP contribution < -0.4 is 9.46 Å². The number of hydrogen-bond donors (Lipinski definition) is 2. The summed E-state index contributed by atoms with van der Waals surface area (Å²) in [7, 11) is -2.81. The summed E-state index contributed by atoms with van der Waals surface area (Å²) in [4.78, 5) is 16.8. The second-order valence-corrected chi connectivity index (χ2v) is 10.3. The molecule has 0 radical (unpaired) electrons. The summed E-state index contributed by atoms with van der Waals surface area (Å²) in [6.07, 6.45) is 1.51. The number of aromatic hydroxyl groups is 1. The molecule has 0 saturated carbocycles. The molecule has 0 spiro atoms. The second-order valence-electron chi connectivity index (χ2n) is 6.17. The van der Waals surface area contributed by atoms with Crippen molar-refractivity contribution in [3.63, 3.8) is 0 Å². The van der Waals surface area contributed by atoms with Crippen molar-refractivity contribution in [3.8, 4) is 22.1 Å². The SMILES string of the molecule is COc1cc2c(cn1)COC(=O)c1cc(Br)c(O)c(c1)S(=O)(=O)Nc1cc-2sc1Cl. The zero-order valence-corrected chi connectivity index (χ0v) is 19.1. The number of anilines is 1. The van der Waals surface area contributed by atoms with Crippen molar-refractivity contribution >= 4 is 60.5 Å². The second kappa shape index (κ2) is 7.73. The van der Waals surface area contributed by atoms with E-state index < -0.39 is 26.6 Å². The van der Waals surface area contributed by atoms with E-state index in [-0.39, 0.29) is 26.7 Å². The smallest absolute Gasteiger partial charge is 0.338 e. The van der Waals surface area contributed by atoms with Gasteiger partial charge in [0.15, 0.2) is 0 Å². The molecule has 0 atom stereocenters. The van der Waals surface area contributed by atoms with E-state index in [1.807, 2.05) is 0 Å². The molecular formula is C18H12BrClN2O6S2. The molecule has 0 aliphatic carbocycles. The van der Waals surface area contributed by atoms with Gasteiger partial charge in [-0.1, -0.05) is 11.6 Å². The molecule has 0 amide bonds. The van der Waals surface area contributed by atoms with Gasteiger partial charge in [0.2, 0.25) is 5.88 Å². The number of carbonyl (C=O) groups is 1. The normalized spacial score (nSPS) is 15.0. The van der Waals surface area contributed by atoms with Crippen molar-refractivity contribution < 1.29 is 27.8 Å². The number of benzene rings is 1. The molecule has 1 aliphatic heterocycles. The number of phenolic OH excluding ortho intramolecular Hbond substituents is 1. The number of methoxy groups -OCH3 is 1. The van der Waals surface area contributed by atoms with E-state index in [9.17, 15) is 18.3 Å². The number of phenols is 1. The molecule has 8 nitrogen and oxygen atoms in total. The van der Waals surface area contributed by atoms with E-state index in [0.29, 0.717) is 21.9 Å². The molecule has 1 aliphatic rings. The first kappa shape index (κ1) is 20.9. The van der Waals surface area contributed by atoms with Crippen LogP contribution in [0.5, 0.6) is 11.6 Å². The Hall–Kier alpha value is -2.34. The first-order chi connectivity index (χ1) is 14.2. The molecule has 0 saturated heterocycles. The molecule has 12 heteroatoms. The van der Waals surface area contributed by atoms with E-state index >= 15 is 0 Å². The maximum Gasteiger partial charge on any atom is 0.338 e. The minimum Gasteiger partial charge on any atom is -0.505 e. The number of nitrogens with one attached hydrogen (secondary N) is 1. The van der Waals surface area contributed by atoms with Gasteiger partial charge >= 0.3 is 5.97 Å². The van der Waals surface area contributed by atoms with Crippen LogP contribution in [-0.2, 0) is 21.4 Å². The third kappa shape index (κ3) is 3.73. The Labute approximate surface area is 188 Å². The van der Waals surface area contributed by atoms with Gasteiger partial charge in [0.05, 0.1) is 22.8 Å². The van der Waals surface area contributed by atoms with Crippen molar-refractivity contribution in [2.75, 3.05) is 11.8 Å². The summed E-state index contributed by atoms with van der Waals surface area (Å²) >= 11 is 10.5. The number of fused-ring (bicyclic) bond motifs is 6. The fourth-order valence-electron chi connectivity index (χ4n) is 2.81. The summed E-state index contributed by atoms with van der Waals surface area (Å²) in [6.45, 7) is -0.121. The number of aromatic nitrogens is 1. The number of pyridine rings is 1. The van der Waals surface area contributed by atoms with Gasteiger partial charge in [0.25, 0.3) is 10.0 Å². The lowest BCUT2D eigenvalue weighted by Crippen LogP contribution is -2.14. The van der Waals surface area contributed by atoms with E-state index in [0.717, 1.165) is 17.4 Å². The number of cyclic esters (lactones) is 1. The number of nitrogens with zero attached hydrogens (tertiary/aromatic N) is 1. The van der Waals surface area contributed by atoms with Crippen LogP contribution in [-0.4, -0.2) is 31.6 Å². The largest absolute Gasteiger partial charge is 0.505 e. The van der Waals surface area contributed by atoms with Gasteiger partial charge in [-0.25, -0.2) is 18.2 Å². The third-order valence-electron chi connectivity index (χ3n) is 4.28. The highest BCUT2D eigenvalue weighted by molar-refractivity contribution is 9.10. The fourth-order valence-corrected chi connectivity index (χ4v) is 5.97. The van der Waals surface area contributed by atoms with Crippen molar-refractivity contribution in [3.05, 3.63) is 50.4 Å². The van der Waals surface area contributed by atoms with Crippen LogP contribution in [0.1, 0.15) is 15.9 Å². The van der Waals surface area contributed by atoms with Crippen LogP contribution in [0.3, 0.4) is 0 Å². The molecule has 0 fully saturated rings. The van der Waals surface area contributed by atoms with E-state index in [1.165, 1.54) is 19.4 Å². The molecule has 2 aromatic heterocycles. The standard InChI is InChI=1S/C18H12BrClN2O6S2/c1-27-15-4-10-9(6-21-15)7-28-18(24)8-2-11(19)16(23)14(3-8)30(25,26)22-12-5-13(10)29-17(12)20/h2-6,22-23H,7H2,1H3. The number of thiophene rings is 1. The summed E-state index contributed by atoms with van der Waals surface area (Å²) in [5.41, 5.74) is 1.28. The van der Waals surface area contributed by atoms with Crippen molar-refractivity contribution in [1.82, 2.24) is 4.98 Å². The summed E-state index contributed by atoms with van der Waals surface area (Å²) in [5, 5.41) is 10.3. The van der Waals surface area contributed by atoms with Crippen LogP contribution in [0.15, 0.2) is 39.8 Å². The molecule has 3 heterocycles. The first-order valence-corrected chi connectivity index (χ1v) is 11.7. The topological polar surface area (TPSA) is 115 Å². The molecule has 30 heavy (non-hydrogen) atoms. The first-order valence-electron chi connectivity index (χ1n) is 8.24. The van der Waals surface area contributed by atoms with Gasteiger partial charge in [-0.15, -0.1) is 11.3 Å². The molecule has 4 rings (SSSR count). The van der Waals surface area contributed by atoms with Crippen molar-refractivity contribution in [2.24, 2.45) is 0 Å². The number of sulfonamides is 1. The Morgan fingerprint density at radius 1 is 1.33 bits per heavy atom. The van der Waals surface area contributed by atoms with Crippen LogP contribution >= 0.6 is 38.9 Å². The number of ether oxygens (including phenoxy) is 2. The predicted molar refractivity (Wildman–Crippen MR) is 115 cm³/mol. The van der Waals surface area contributed by atoms with Crippen molar-refractivity contribution in [1.29, 1.82) is 0 Å². The highest BCUT2D eigenvalue weighted by atomic mass is 79.9. The lowest BCUT2D eigenvalue weighted by molar-refractivity contribution is 0.0472. The molecule has 2 N–H and O–H groups in total. The van der Waals surface area contributed by atoms with E-state index in [1.54, 1.807) is 12.1 Å². The summed E-state index contributed by atoms with van der Waals surface area (Å²) < 4.78 is 39.0. The van der Waals surface area contributed by atoms with Crippen molar-refractivity contribution in [2.45, 2.75) is 11.5 Å². The number of carbonyl (C=O) groups excluding carboxylic acids is 1. The lowest BCUT2D eigenvalue weighted by atomic mass is 10.1.